The number of aryl methyl sites for hydroxylation is 1. The summed E-state index contributed by atoms with van der Waals surface area (Å²) in [7, 11) is 2.16. The molecular formula is C15H28N2O. The van der Waals surface area contributed by atoms with Gasteiger partial charge in [-0.25, -0.2) is 0 Å². The Morgan fingerprint density at radius 1 is 1.39 bits per heavy atom. The van der Waals surface area contributed by atoms with Crippen molar-refractivity contribution in [3.05, 3.63) is 23.2 Å². The van der Waals surface area contributed by atoms with Gasteiger partial charge in [0.05, 0.1) is 6.54 Å². The summed E-state index contributed by atoms with van der Waals surface area (Å²) >= 11 is 0. The maximum Gasteiger partial charge on any atom is 0.118 e. The molecule has 0 bridgehead atoms. The van der Waals surface area contributed by atoms with Crippen LogP contribution in [0.2, 0.25) is 0 Å². The van der Waals surface area contributed by atoms with Crippen molar-refractivity contribution in [2.24, 2.45) is 5.92 Å². The number of rotatable bonds is 8. The van der Waals surface area contributed by atoms with Crippen LogP contribution in [-0.2, 0) is 13.1 Å². The SMILES string of the molecule is CCNCc1cc(CN(C)CCC(C)C)oc1C. The Labute approximate surface area is 112 Å². The van der Waals surface area contributed by atoms with Crippen molar-refractivity contribution in [2.45, 2.75) is 47.2 Å². The molecule has 0 saturated carbocycles. The fraction of sp³-hybridized carbons (Fsp3) is 0.733. The molecule has 0 unspecified atom stereocenters. The molecule has 0 fully saturated rings. The average Bonchev–Trinajstić information content (AvgIpc) is 2.64. The zero-order valence-corrected chi connectivity index (χ0v) is 12.5. The molecule has 3 nitrogen and oxygen atoms in total. The molecule has 0 amide bonds. The fourth-order valence-electron chi connectivity index (χ4n) is 1.92. The molecule has 1 heterocycles. The molecule has 0 aromatic carbocycles. The highest BCUT2D eigenvalue weighted by atomic mass is 16.3. The quantitative estimate of drug-likeness (QED) is 0.770. The van der Waals surface area contributed by atoms with Crippen LogP contribution in [0.15, 0.2) is 10.5 Å². The third kappa shape index (κ3) is 5.23. The van der Waals surface area contributed by atoms with Crippen molar-refractivity contribution in [3.8, 4) is 0 Å². The largest absolute Gasteiger partial charge is 0.465 e. The van der Waals surface area contributed by atoms with Crippen LogP contribution >= 0.6 is 0 Å². The van der Waals surface area contributed by atoms with Gasteiger partial charge in [0.25, 0.3) is 0 Å². The Morgan fingerprint density at radius 2 is 2.11 bits per heavy atom. The summed E-state index contributed by atoms with van der Waals surface area (Å²) in [6, 6.07) is 2.18. The Morgan fingerprint density at radius 3 is 2.72 bits per heavy atom. The Balaban J connectivity index is 2.46. The molecule has 18 heavy (non-hydrogen) atoms. The first-order valence-electron chi connectivity index (χ1n) is 7.00. The molecule has 0 atom stereocenters. The second kappa shape index (κ2) is 7.59. The summed E-state index contributed by atoms with van der Waals surface area (Å²) in [5.74, 6) is 2.88. The molecule has 0 radical (unpaired) electrons. The number of nitrogens with zero attached hydrogens (tertiary/aromatic N) is 1. The maximum atomic E-state index is 5.81. The highest BCUT2D eigenvalue weighted by molar-refractivity contribution is 5.20. The first kappa shape index (κ1) is 15.3. The van der Waals surface area contributed by atoms with E-state index in [1.54, 1.807) is 0 Å². The van der Waals surface area contributed by atoms with Gasteiger partial charge in [-0.3, -0.25) is 4.90 Å². The van der Waals surface area contributed by atoms with Crippen LogP contribution in [0.4, 0.5) is 0 Å². The molecule has 0 aliphatic heterocycles. The van der Waals surface area contributed by atoms with Crippen LogP contribution in [-0.4, -0.2) is 25.0 Å². The third-order valence-corrected chi connectivity index (χ3v) is 3.15. The Hall–Kier alpha value is -0.800. The van der Waals surface area contributed by atoms with Crippen LogP contribution in [0.1, 0.15) is 44.3 Å². The van der Waals surface area contributed by atoms with E-state index in [4.69, 9.17) is 4.42 Å². The van der Waals surface area contributed by atoms with Crippen molar-refractivity contribution >= 4 is 0 Å². The molecule has 104 valence electrons. The minimum absolute atomic E-state index is 0.759. The Bertz CT molecular complexity index is 344. The van der Waals surface area contributed by atoms with Crippen molar-refractivity contribution in [2.75, 3.05) is 20.1 Å². The lowest BCUT2D eigenvalue weighted by Crippen LogP contribution is -2.20. The van der Waals surface area contributed by atoms with E-state index in [1.165, 1.54) is 12.0 Å². The third-order valence-electron chi connectivity index (χ3n) is 3.15. The van der Waals surface area contributed by atoms with E-state index in [-0.39, 0.29) is 0 Å². The molecule has 1 aromatic heterocycles. The molecule has 0 spiro atoms. The number of hydrogen-bond acceptors (Lipinski definition) is 3. The summed E-state index contributed by atoms with van der Waals surface area (Å²) in [5, 5.41) is 3.34. The van der Waals surface area contributed by atoms with E-state index in [0.717, 1.165) is 43.6 Å². The summed E-state index contributed by atoms with van der Waals surface area (Å²) in [5.41, 5.74) is 1.28. The van der Waals surface area contributed by atoms with Gasteiger partial charge in [0.15, 0.2) is 0 Å². The highest BCUT2D eigenvalue weighted by Crippen LogP contribution is 2.16. The zero-order chi connectivity index (χ0) is 13.5. The smallest absolute Gasteiger partial charge is 0.118 e. The molecule has 1 N–H and O–H groups in total. The maximum absolute atomic E-state index is 5.81. The van der Waals surface area contributed by atoms with E-state index in [0.29, 0.717) is 0 Å². The lowest BCUT2D eigenvalue weighted by Gasteiger charge is -2.16. The van der Waals surface area contributed by atoms with Crippen LogP contribution in [0, 0.1) is 12.8 Å². The van der Waals surface area contributed by atoms with Gasteiger partial charge in [-0.1, -0.05) is 20.8 Å². The first-order chi connectivity index (χ1) is 8.52. The summed E-state index contributed by atoms with van der Waals surface area (Å²) in [6.07, 6.45) is 1.24. The lowest BCUT2D eigenvalue weighted by molar-refractivity contribution is 0.276. The van der Waals surface area contributed by atoms with E-state index < -0.39 is 0 Å². The molecule has 1 rings (SSSR count). The predicted molar refractivity (Wildman–Crippen MR) is 76.6 cm³/mol. The number of nitrogens with one attached hydrogen (secondary N) is 1. The standard InChI is InChI=1S/C15H28N2O/c1-6-16-10-14-9-15(18-13(14)4)11-17(5)8-7-12(2)3/h9,12,16H,6-8,10-11H2,1-5H3. The van der Waals surface area contributed by atoms with Gasteiger partial charge in [-0.05, 0) is 45.5 Å². The van der Waals surface area contributed by atoms with Gasteiger partial charge in [0, 0.05) is 12.1 Å². The minimum Gasteiger partial charge on any atom is -0.465 e. The Kier molecular flexibility index (Phi) is 6.44. The van der Waals surface area contributed by atoms with Gasteiger partial charge in [-0.15, -0.1) is 0 Å². The van der Waals surface area contributed by atoms with Crippen molar-refractivity contribution in [3.63, 3.8) is 0 Å². The normalized spacial score (nSPS) is 11.7. The molecular weight excluding hydrogens is 224 g/mol. The zero-order valence-electron chi connectivity index (χ0n) is 12.5. The summed E-state index contributed by atoms with van der Waals surface area (Å²) in [4.78, 5) is 2.33. The molecule has 0 saturated heterocycles. The van der Waals surface area contributed by atoms with Crippen LogP contribution in [0.25, 0.3) is 0 Å². The van der Waals surface area contributed by atoms with Crippen LogP contribution in [0.3, 0.4) is 0 Å². The predicted octanol–water partition coefficient (Wildman–Crippen LogP) is 3.18. The van der Waals surface area contributed by atoms with Gasteiger partial charge < -0.3 is 9.73 Å². The monoisotopic (exact) mass is 252 g/mol. The van der Waals surface area contributed by atoms with E-state index in [2.05, 4.69) is 44.1 Å². The fourth-order valence-corrected chi connectivity index (χ4v) is 1.92. The topological polar surface area (TPSA) is 28.4 Å². The molecule has 0 aliphatic carbocycles. The average molecular weight is 252 g/mol. The molecule has 0 aliphatic rings. The van der Waals surface area contributed by atoms with Gasteiger partial charge in [0.2, 0.25) is 0 Å². The highest BCUT2D eigenvalue weighted by Gasteiger charge is 2.09. The first-order valence-corrected chi connectivity index (χ1v) is 7.00. The van der Waals surface area contributed by atoms with Crippen molar-refractivity contribution < 1.29 is 4.42 Å². The van der Waals surface area contributed by atoms with E-state index in [9.17, 15) is 0 Å². The van der Waals surface area contributed by atoms with Crippen LogP contribution in [0.5, 0.6) is 0 Å². The minimum atomic E-state index is 0.759. The summed E-state index contributed by atoms with van der Waals surface area (Å²) < 4.78 is 5.81. The van der Waals surface area contributed by atoms with Gasteiger partial charge in [-0.2, -0.15) is 0 Å². The van der Waals surface area contributed by atoms with Crippen LogP contribution < -0.4 is 5.32 Å². The van der Waals surface area contributed by atoms with E-state index >= 15 is 0 Å². The van der Waals surface area contributed by atoms with Crippen molar-refractivity contribution in [1.29, 1.82) is 0 Å². The summed E-state index contributed by atoms with van der Waals surface area (Å²) in [6.45, 7) is 12.6. The molecule has 3 heteroatoms. The number of furan rings is 1. The van der Waals surface area contributed by atoms with Crippen molar-refractivity contribution in [1.82, 2.24) is 10.2 Å². The van der Waals surface area contributed by atoms with E-state index in [1.807, 2.05) is 6.92 Å². The lowest BCUT2D eigenvalue weighted by atomic mass is 10.1. The second-order valence-electron chi connectivity index (χ2n) is 5.49. The second-order valence-corrected chi connectivity index (χ2v) is 5.49. The molecule has 1 aromatic rings. The van der Waals surface area contributed by atoms with Gasteiger partial charge >= 0.3 is 0 Å². The van der Waals surface area contributed by atoms with Gasteiger partial charge in [0.1, 0.15) is 11.5 Å². The number of hydrogen-bond donors (Lipinski definition) is 1.